The average Bonchev–Trinajstić information content (AvgIpc) is 2.65. The summed E-state index contributed by atoms with van der Waals surface area (Å²) in [6.07, 6.45) is 8.86. The fraction of sp³-hybridized carbons (Fsp3) is 0.450. The highest BCUT2D eigenvalue weighted by Gasteiger charge is 2.10. The van der Waals surface area contributed by atoms with E-state index in [4.69, 9.17) is 12.2 Å². The van der Waals surface area contributed by atoms with Crippen molar-refractivity contribution in [2.45, 2.75) is 52.0 Å². The number of H-pyrrole nitrogens is 1. The highest BCUT2D eigenvalue weighted by atomic mass is 32.1. The molecule has 1 aromatic heterocycles. The maximum absolute atomic E-state index is 12.5. The van der Waals surface area contributed by atoms with Crippen molar-refractivity contribution < 1.29 is 4.79 Å². The van der Waals surface area contributed by atoms with Crippen molar-refractivity contribution in [3.63, 3.8) is 0 Å². The average molecular weight is 372 g/mol. The van der Waals surface area contributed by atoms with Gasteiger partial charge in [0.15, 0.2) is 4.77 Å². The topological polar surface area (TPSA) is 66.9 Å². The van der Waals surface area contributed by atoms with Gasteiger partial charge in [-0.05, 0) is 68.9 Å². The molecule has 1 aromatic carbocycles. The molecule has 2 aromatic rings. The number of hydrogen-bond acceptors (Lipinski definition) is 3. The number of benzene rings is 1. The summed E-state index contributed by atoms with van der Waals surface area (Å²) in [6, 6.07) is 5.11. The molecule has 1 aliphatic rings. The van der Waals surface area contributed by atoms with E-state index in [1.54, 1.807) is 22.8 Å². The molecule has 138 valence electrons. The number of aromatic nitrogens is 2. The van der Waals surface area contributed by atoms with Gasteiger partial charge in [-0.25, -0.2) is 0 Å². The number of nitrogens with one attached hydrogen (secondary N) is 2. The summed E-state index contributed by atoms with van der Waals surface area (Å²) < 4.78 is 1.96. The van der Waals surface area contributed by atoms with E-state index in [1.165, 1.54) is 18.4 Å². The summed E-state index contributed by atoms with van der Waals surface area (Å²) in [5.41, 5.74) is 2.47. The Morgan fingerprint density at radius 2 is 2.19 bits per heavy atom. The Kier molecular flexibility index (Phi) is 6.04. The molecule has 0 fully saturated rings. The Morgan fingerprint density at radius 3 is 2.92 bits per heavy atom. The van der Waals surface area contributed by atoms with Crippen LogP contribution in [0.1, 0.15) is 55.8 Å². The van der Waals surface area contributed by atoms with E-state index in [1.807, 2.05) is 6.92 Å². The Balaban J connectivity index is 1.75. The maximum Gasteiger partial charge on any atom is 0.262 e. The quantitative estimate of drug-likeness (QED) is 0.594. The first kappa shape index (κ1) is 18.6. The van der Waals surface area contributed by atoms with Gasteiger partial charge in [0.05, 0.1) is 10.9 Å². The van der Waals surface area contributed by atoms with Crippen LogP contribution in [0.25, 0.3) is 10.9 Å². The zero-order chi connectivity index (χ0) is 18.5. The molecule has 3 rings (SSSR count). The molecule has 0 saturated carbocycles. The van der Waals surface area contributed by atoms with Gasteiger partial charge < -0.3 is 10.3 Å². The van der Waals surface area contributed by atoms with Crippen molar-refractivity contribution >= 4 is 29.0 Å². The van der Waals surface area contributed by atoms with Gasteiger partial charge in [0.1, 0.15) is 0 Å². The molecular weight excluding hydrogens is 346 g/mol. The van der Waals surface area contributed by atoms with E-state index < -0.39 is 0 Å². The largest absolute Gasteiger partial charge is 0.352 e. The number of carbonyl (C=O) groups excluding carboxylic acids is 1. The van der Waals surface area contributed by atoms with Crippen LogP contribution in [0.2, 0.25) is 0 Å². The van der Waals surface area contributed by atoms with Crippen LogP contribution < -0.4 is 10.9 Å². The molecule has 1 aliphatic carbocycles. The number of allylic oxidation sites excluding steroid dienone is 1. The third kappa shape index (κ3) is 4.12. The number of fused-ring (bicyclic) bond motifs is 1. The second-order valence-electron chi connectivity index (χ2n) is 6.76. The summed E-state index contributed by atoms with van der Waals surface area (Å²) in [7, 11) is 0. The molecular formula is C20H25N3O2S. The second-order valence-corrected chi connectivity index (χ2v) is 7.15. The van der Waals surface area contributed by atoms with Crippen LogP contribution in [0.5, 0.6) is 0 Å². The molecule has 26 heavy (non-hydrogen) atoms. The van der Waals surface area contributed by atoms with E-state index in [0.29, 0.717) is 34.3 Å². The first-order valence-corrected chi connectivity index (χ1v) is 9.74. The number of nitrogens with zero attached hydrogens (tertiary/aromatic N) is 1. The first-order chi connectivity index (χ1) is 12.6. The Labute approximate surface area is 158 Å². The summed E-state index contributed by atoms with van der Waals surface area (Å²) in [5, 5.41) is 3.52. The minimum absolute atomic E-state index is 0.109. The van der Waals surface area contributed by atoms with Crippen molar-refractivity contribution in [3.8, 4) is 0 Å². The molecule has 6 heteroatoms. The van der Waals surface area contributed by atoms with Gasteiger partial charge >= 0.3 is 0 Å². The van der Waals surface area contributed by atoms with Gasteiger partial charge in [-0.15, -0.1) is 0 Å². The second kappa shape index (κ2) is 8.45. The highest BCUT2D eigenvalue weighted by molar-refractivity contribution is 7.71. The van der Waals surface area contributed by atoms with Gasteiger partial charge in [0.25, 0.3) is 11.5 Å². The number of rotatable bonds is 6. The van der Waals surface area contributed by atoms with Gasteiger partial charge in [0, 0.05) is 18.7 Å². The van der Waals surface area contributed by atoms with E-state index in [2.05, 4.69) is 16.4 Å². The highest BCUT2D eigenvalue weighted by Crippen LogP contribution is 2.19. The molecule has 2 N–H and O–H groups in total. The van der Waals surface area contributed by atoms with Crippen molar-refractivity contribution in [3.05, 3.63) is 50.5 Å². The van der Waals surface area contributed by atoms with Crippen LogP contribution in [-0.4, -0.2) is 22.0 Å². The van der Waals surface area contributed by atoms with E-state index in [0.717, 1.165) is 25.7 Å². The summed E-state index contributed by atoms with van der Waals surface area (Å²) in [5.74, 6) is -0.125. The van der Waals surface area contributed by atoms with Crippen LogP contribution >= 0.6 is 12.2 Å². The lowest BCUT2D eigenvalue weighted by molar-refractivity contribution is 0.0954. The van der Waals surface area contributed by atoms with Crippen molar-refractivity contribution in [2.24, 2.45) is 0 Å². The van der Waals surface area contributed by atoms with Crippen molar-refractivity contribution in [1.82, 2.24) is 14.9 Å². The molecule has 0 spiro atoms. The standard InChI is InChI=1S/C20H25N3O2S/c1-2-12-23-19(25)16-9-8-15(13-17(16)22-20(23)26)18(24)21-11-10-14-6-4-3-5-7-14/h6,8-9,13H,2-5,7,10-12H2,1H3,(H,21,24)(H,22,26). The molecule has 0 bridgehead atoms. The van der Waals surface area contributed by atoms with Crippen molar-refractivity contribution in [2.75, 3.05) is 6.54 Å². The first-order valence-electron chi connectivity index (χ1n) is 9.33. The lowest BCUT2D eigenvalue weighted by Gasteiger charge is -2.13. The van der Waals surface area contributed by atoms with Crippen LogP contribution in [0, 0.1) is 4.77 Å². The summed E-state index contributed by atoms with van der Waals surface area (Å²) in [6.45, 7) is 3.22. The predicted molar refractivity (Wildman–Crippen MR) is 107 cm³/mol. The maximum atomic E-state index is 12.5. The Morgan fingerprint density at radius 1 is 1.35 bits per heavy atom. The SMILES string of the molecule is CCCn1c(=S)[nH]c2cc(C(=O)NCCC3=CCCCC3)ccc2c1=O. The zero-order valence-electron chi connectivity index (χ0n) is 15.1. The number of carbonyl (C=O) groups is 1. The molecule has 0 radical (unpaired) electrons. The monoisotopic (exact) mass is 371 g/mol. The molecule has 0 aliphatic heterocycles. The van der Waals surface area contributed by atoms with Crippen molar-refractivity contribution in [1.29, 1.82) is 0 Å². The van der Waals surface area contributed by atoms with Crippen LogP contribution in [0.15, 0.2) is 34.6 Å². The van der Waals surface area contributed by atoms with Gasteiger partial charge in [0.2, 0.25) is 0 Å². The molecule has 0 atom stereocenters. The lowest BCUT2D eigenvalue weighted by atomic mass is 9.97. The number of amides is 1. The molecule has 1 amide bonds. The molecule has 0 saturated heterocycles. The fourth-order valence-corrected chi connectivity index (χ4v) is 3.68. The lowest BCUT2D eigenvalue weighted by Crippen LogP contribution is -2.25. The zero-order valence-corrected chi connectivity index (χ0v) is 16.0. The van der Waals surface area contributed by atoms with Gasteiger partial charge in [-0.1, -0.05) is 18.6 Å². The van der Waals surface area contributed by atoms with Gasteiger partial charge in [-0.3, -0.25) is 14.2 Å². The minimum Gasteiger partial charge on any atom is -0.352 e. The smallest absolute Gasteiger partial charge is 0.262 e. The van der Waals surface area contributed by atoms with E-state index in [9.17, 15) is 9.59 Å². The van der Waals surface area contributed by atoms with Gasteiger partial charge in [-0.2, -0.15) is 0 Å². The third-order valence-corrected chi connectivity index (χ3v) is 5.13. The Hall–Kier alpha value is -2.21. The van der Waals surface area contributed by atoms with E-state index >= 15 is 0 Å². The van der Waals surface area contributed by atoms with Crippen LogP contribution in [-0.2, 0) is 6.54 Å². The minimum atomic E-state index is -0.125. The fourth-order valence-electron chi connectivity index (χ4n) is 3.39. The summed E-state index contributed by atoms with van der Waals surface area (Å²) >= 11 is 5.28. The Bertz CT molecular complexity index is 956. The number of hydrogen-bond donors (Lipinski definition) is 2. The molecule has 1 heterocycles. The van der Waals surface area contributed by atoms with Crippen LogP contribution in [0.3, 0.4) is 0 Å². The van der Waals surface area contributed by atoms with E-state index in [-0.39, 0.29) is 11.5 Å². The third-order valence-electron chi connectivity index (χ3n) is 4.81. The number of aromatic amines is 1. The normalized spacial score (nSPS) is 14.3. The molecule has 0 unspecified atom stereocenters. The van der Waals surface area contributed by atoms with Crippen LogP contribution in [0.4, 0.5) is 0 Å². The summed E-state index contributed by atoms with van der Waals surface area (Å²) in [4.78, 5) is 28.0. The predicted octanol–water partition coefficient (Wildman–Crippen LogP) is 4.09. The molecule has 5 nitrogen and oxygen atoms in total.